The van der Waals surface area contributed by atoms with Crippen LogP contribution in [0.2, 0.25) is 0 Å². The Kier molecular flexibility index (Phi) is 4.15. The second kappa shape index (κ2) is 6.77. The van der Waals surface area contributed by atoms with Gasteiger partial charge in [-0.1, -0.05) is 6.07 Å². The molecule has 0 bridgehead atoms. The van der Waals surface area contributed by atoms with Crippen LogP contribution in [0.5, 0.6) is 0 Å². The maximum atomic E-state index is 11.3. The molecule has 10 heteroatoms. The predicted molar refractivity (Wildman–Crippen MR) is 95.5 cm³/mol. The summed E-state index contributed by atoms with van der Waals surface area (Å²) in [5, 5.41) is 11.5. The first kappa shape index (κ1) is 16.5. The van der Waals surface area contributed by atoms with Gasteiger partial charge in [0.2, 0.25) is 5.95 Å². The Bertz CT molecular complexity index is 1120. The fraction of sp³-hybridized carbons (Fsp3) is 0.0588. The van der Waals surface area contributed by atoms with E-state index in [1.807, 2.05) is 35.7 Å². The Hall–Kier alpha value is -3.92. The van der Waals surface area contributed by atoms with Crippen molar-refractivity contribution in [1.82, 2.24) is 34.8 Å². The Morgan fingerprint density at radius 3 is 2.78 bits per heavy atom. The number of nitrogens with zero attached hydrogens (tertiary/aromatic N) is 6. The summed E-state index contributed by atoms with van der Waals surface area (Å²) in [5.41, 5.74) is 4.74. The number of carbonyl (C=O) groups excluding carboxylic acids is 1. The molecule has 10 nitrogen and oxygen atoms in total. The number of carbonyl (C=O) groups is 1. The number of hydroxylamine groups is 1. The minimum absolute atomic E-state index is 0.0147. The van der Waals surface area contributed by atoms with Gasteiger partial charge in [-0.15, -0.1) is 0 Å². The van der Waals surface area contributed by atoms with E-state index in [2.05, 4.69) is 30.2 Å². The number of aromatic nitrogens is 6. The highest BCUT2D eigenvalue weighted by Crippen LogP contribution is 2.23. The minimum Gasteiger partial charge on any atom is -0.307 e. The lowest BCUT2D eigenvalue weighted by molar-refractivity contribution is 0.0700. The molecule has 0 radical (unpaired) electrons. The van der Waals surface area contributed by atoms with Gasteiger partial charge in [-0.25, -0.2) is 30.4 Å². The first-order valence-electron chi connectivity index (χ1n) is 7.96. The molecule has 0 aliphatic heterocycles. The van der Waals surface area contributed by atoms with Crippen molar-refractivity contribution in [2.45, 2.75) is 6.92 Å². The monoisotopic (exact) mass is 362 g/mol. The van der Waals surface area contributed by atoms with Crippen LogP contribution in [-0.4, -0.2) is 40.4 Å². The average Bonchev–Trinajstić information content (AvgIpc) is 3.04. The predicted octanol–water partition coefficient (Wildman–Crippen LogP) is 1.75. The van der Waals surface area contributed by atoms with E-state index in [1.54, 1.807) is 12.3 Å². The van der Waals surface area contributed by atoms with Gasteiger partial charge in [0.15, 0.2) is 5.82 Å². The number of imidazole rings is 1. The number of amides is 1. The van der Waals surface area contributed by atoms with Crippen LogP contribution in [0.25, 0.3) is 17.0 Å². The van der Waals surface area contributed by atoms with Gasteiger partial charge in [0, 0.05) is 12.4 Å². The topological polar surface area (TPSA) is 130 Å². The van der Waals surface area contributed by atoms with Gasteiger partial charge in [-0.3, -0.25) is 14.4 Å². The number of rotatable bonds is 4. The Labute approximate surface area is 153 Å². The standard InChI is InChI=1S/C17H14N8O2/c1-10-15(25-7-3-2-4-14(25)21-10)11-5-6-18-17(22-11)23-13-9-19-12(8-20-13)16(26)24-27/h2-9,27H,1H3,(H,24,26)(H,18,20,22,23). The van der Waals surface area contributed by atoms with E-state index in [0.29, 0.717) is 17.5 Å². The van der Waals surface area contributed by atoms with Crippen LogP contribution in [0.1, 0.15) is 16.2 Å². The van der Waals surface area contributed by atoms with Gasteiger partial charge in [-0.05, 0) is 25.1 Å². The Balaban J connectivity index is 1.65. The number of hydrogen-bond acceptors (Lipinski definition) is 8. The van der Waals surface area contributed by atoms with Gasteiger partial charge in [0.25, 0.3) is 5.91 Å². The molecular formula is C17H14N8O2. The third kappa shape index (κ3) is 3.16. The molecule has 4 aromatic heterocycles. The maximum Gasteiger partial charge on any atom is 0.294 e. The highest BCUT2D eigenvalue weighted by Gasteiger charge is 2.13. The molecular weight excluding hydrogens is 348 g/mol. The fourth-order valence-corrected chi connectivity index (χ4v) is 2.65. The highest BCUT2D eigenvalue weighted by molar-refractivity contribution is 5.91. The largest absolute Gasteiger partial charge is 0.307 e. The van der Waals surface area contributed by atoms with Crippen LogP contribution in [-0.2, 0) is 0 Å². The molecule has 0 saturated heterocycles. The van der Waals surface area contributed by atoms with Crippen LogP contribution in [0.4, 0.5) is 11.8 Å². The van der Waals surface area contributed by atoms with Crippen molar-refractivity contribution in [2.75, 3.05) is 5.32 Å². The van der Waals surface area contributed by atoms with E-state index in [-0.39, 0.29) is 5.69 Å². The number of fused-ring (bicyclic) bond motifs is 1. The molecule has 0 unspecified atom stereocenters. The Morgan fingerprint density at radius 1 is 1.11 bits per heavy atom. The van der Waals surface area contributed by atoms with Gasteiger partial charge in [0.1, 0.15) is 11.3 Å². The van der Waals surface area contributed by atoms with Crippen molar-refractivity contribution in [3.63, 3.8) is 0 Å². The van der Waals surface area contributed by atoms with Crippen LogP contribution in [0.15, 0.2) is 49.1 Å². The smallest absolute Gasteiger partial charge is 0.294 e. The van der Waals surface area contributed by atoms with Gasteiger partial charge in [0.05, 0.1) is 29.5 Å². The lowest BCUT2D eigenvalue weighted by atomic mass is 10.2. The van der Waals surface area contributed by atoms with Crippen molar-refractivity contribution < 1.29 is 10.0 Å². The lowest BCUT2D eigenvalue weighted by Gasteiger charge is -2.07. The summed E-state index contributed by atoms with van der Waals surface area (Å²) in [6, 6.07) is 7.58. The molecule has 4 aromatic rings. The first-order valence-corrected chi connectivity index (χ1v) is 7.96. The van der Waals surface area contributed by atoms with E-state index >= 15 is 0 Å². The molecule has 27 heavy (non-hydrogen) atoms. The van der Waals surface area contributed by atoms with Crippen LogP contribution >= 0.6 is 0 Å². The molecule has 4 rings (SSSR count). The van der Waals surface area contributed by atoms with Gasteiger partial charge in [-0.2, -0.15) is 0 Å². The highest BCUT2D eigenvalue weighted by atomic mass is 16.5. The SMILES string of the molecule is Cc1nc2ccccn2c1-c1ccnc(Nc2cnc(C(=O)NO)cn2)n1. The quantitative estimate of drug-likeness (QED) is 0.370. The minimum atomic E-state index is -0.740. The maximum absolute atomic E-state index is 11.3. The molecule has 0 atom stereocenters. The summed E-state index contributed by atoms with van der Waals surface area (Å²) in [6.07, 6.45) is 6.14. The van der Waals surface area contributed by atoms with E-state index in [4.69, 9.17) is 5.21 Å². The zero-order valence-corrected chi connectivity index (χ0v) is 14.2. The molecule has 0 saturated carbocycles. The summed E-state index contributed by atoms with van der Waals surface area (Å²) >= 11 is 0. The second-order valence-electron chi connectivity index (χ2n) is 5.59. The molecule has 0 spiro atoms. The van der Waals surface area contributed by atoms with Crippen molar-refractivity contribution >= 4 is 23.3 Å². The van der Waals surface area contributed by atoms with E-state index in [1.165, 1.54) is 17.9 Å². The molecule has 1 amide bonds. The molecule has 134 valence electrons. The summed E-state index contributed by atoms with van der Waals surface area (Å²) in [7, 11) is 0. The molecule has 0 aliphatic carbocycles. The van der Waals surface area contributed by atoms with Crippen molar-refractivity contribution in [3.8, 4) is 11.4 Å². The average molecular weight is 362 g/mol. The van der Waals surface area contributed by atoms with Crippen molar-refractivity contribution in [2.24, 2.45) is 0 Å². The number of aryl methyl sites for hydroxylation is 1. The van der Waals surface area contributed by atoms with E-state index < -0.39 is 5.91 Å². The van der Waals surface area contributed by atoms with E-state index in [9.17, 15) is 4.79 Å². The van der Waals surface area contributed by atoms with Gasteiger partial charge >= 0.3 is 0 Å². The third-order valence-corrected chi connectivity index (χ3v) is 3.83. The lowest BCUT2D eigenvalue weighted by Crippen LogP contribution is -2.20. The summed E-state index contributed by atoms with van der Waals surface area (Å²) in [5.74, 6) is -0.0571. The zero-order valence-electron chi connectivity index (χ0n) is 14.2. The number of nitrogens with one attached hydrogen (secondary N) is 2. The van der Waals surface area contributed by atoms with Crippen LogP contribution < -0.4 is 10.8 Å². The molecule has 0 aromatic carbocycles. The van der Waals surface area contributed by atoms with Crippen molar-refractivity contribution in [1.29, 1.82) is 0 Å². The number of hydrogen-bond donors (Lipinski definition) is 3. The summed E-state index contributed by atoms with van der Waals surface area (Å²) < 4.78 is 1.96. The van der Waals surface area contributed by atoms with Gasteiger partial charge < -0.3 is 5.32 Å². The van der Waals surface area contributed by atoms with Crippen LogP contribution in [0.3, 0.4) is 0 Å². The Morgan fingerprint density at radius 2 is 2.00 bits per heavy atom. The second-order valence-corrected chi connectivity index (χ2v) is 5.59. The van der Waals surface area contributed by atoms with E-state index in [0.717, 1.165) is 17.0 Å². The van der Waals surface area contributed by atoms with Crippen molar-refractivity contribution in [3.05, 3.63) is 60.4 Å². The molecule has 4 heterocycles. The third-order valence-electron chi connectivity index (χ3n) is 3.83. The normalized spacial score (nSPS) is 10.7. The fourth-order valence-electron chi connectivity index (χ4n) is 2.65. The summed E-state index contributed by atoms with van der Waals surface area (Å²) in [4.78, 5) is 32.5. The first-order chi connectivity index (χ1) is 13.2. The zero-order chi connectivity index (χ0) is 18.8. The van der Waals surface area contributed by atoms with Crippen LogP contribution in [0, 0.1) is 6.92 Å². The molecule has 3 N–H and O–H groups in total. The molecule has 0 fully saturated rings. The number of anilines is 2. The number of pyridine rings is 1. The molecule has 0 aliphatic rings. The summed E-state index contributed by atoms with van der Waals surface area (Å²) in [6.45, 7) is 1.92.